The van der Waals surface area contributed by atoms with E-state index in [-0.39, 0.29) is 20.5 Å². The molecule has 2 aromatic heterocycles. The topological polar surface area (TPSA) is 113 Å². The Bertz CT molecular complexity index is 1680. The Morgan fingerprint density at radius 3 is 2.51 bits per heavy atom. The van der Waals surface area contributed by atoms with Crippen LogP contribution < -0.4 is 15.0 Å². The van der Waals surface area contributed by atoms with Crippen LogP contribution >= 0.6 is 11.8 Å². The van der Waals surface area contributed by atoms with Gasteiger partial charge in [0.2, 0.25) is 5.75 Å². The lowest BCUT2D eigenvalue weighted by Crippen LogP contribution is -2.31. The Hall–Kier alpha value is -3.78. The van der Waals surface area contributed by atoms with E-state index < -0.39 is 33.0 Å². The molecule has 1 fully saturated rings. The molecule has 0 aliphatic carbocycles. The van der Waals surface area contributed by atoms with Gasteiger partial charge in [-0.15, -0.1) is 0 Å². The molecule has 0 radical (unpaired) electrons. The van der Waals surface area contributed by atoms with Gasteiger partial charge in [-0.3, -0.25) is 5.10 Å². The number of aromatic amines is 1. The quantitative estimate of drug-likeness (QED) is 0.229. The van der Waals surface area contributed by atoms with E-state index in [2.05, 4.69) is 30.4 Å². The number of rotatable bonds is 9. The van der Waals surface area contributed by atoms with E-state index in [4.69, 9.17) is 4.74 Å². The van der Waals surface area contributed by atoms with Crippen molar-refractivity contribution < 1.29 is 26.3 Å². The average Bonchev–Trinajstić information content (AvgIpc) is 3.36. The van der Waals surface area contributed by atoms with Gasteiger partial charge in [0.1, 0.15) is 5.82 Å². The lowest BCUT2D eigenvalue weighted by Gasteiger charge is -2.29. The minimum atomic E-state index is -4.16. The fourth-order valence-electron chi connectivity index (χ4n) is 4.46. The Balaban J connectivity index is 1.46. The van der Waals surface area contributed by atoms with Gasteiger partial charge in [0.15, 0.2) is 44.1 Å². The zero-order valence-electron chi connectivity index (χ0n) is 22.2. The molecule has 1 aliphatic rings. The summed E-state index contributed by atoms with van der Waals surface area (Å²) < 4.78 is 74.3. The number of hydrogen-bond donors (Lipinski definition) is 2. The van der Waals surface area contributed by atoms with Crippen molar-refractivity contribution in [2.24, 2.45) is 0 Å². The summed E-state index contributed by atoms with van der Waals surface area (Å²) in [6.45, 7) is 3.40. The molecule has 41 heavy (non-hydrogen) atoms. The molecule has 0 unspecified atom stereocenters. The van der Waals surface area contributed by atoms with E-state index in [1.54, 1.807) is 6.07 Å². The van der Waals surface area contributed by atoms with Crippen molar-refractivity contribution in [1.82, 2.24) is 20.2 Å². The maximum Gasteiger partial charge on any atom is 0.204 e. The molecule has 4 aromatic rings. The van der Waals surface area contributed by atoms with Crippen LogP contribution in [0.25, 0.3) is 0 Å². The van der Waals surface area contributed by atoms with Gasteiger partial charge in [0, 0.05) is 30.4 Å². The monoisotopic (exact) mass is 604 g/mol. The Morgan fingerprint density at radius 2 is 1.83 bits per heavy atom. The van der Waals surface area contributed by atoms with Gasteiger partial charge >= 0.3 is 0 Å². The van der Waals surface area contributed by atoms with Crippen LogP contribution in [0.3, 0.4) is 0 Å². The zero-order chi connectivity index (χ0) is 29.1. The van der Waals surface area contributed by atoms with E-state index in [1.165, 1.54) is 31.4 Å². The predicted octanol–water partition coefficient (Wildman–Crippen LogP) is 5.79. The Kier molecular flexibility index (Phi) is 8.40. The van der Waals surface area contributed by atoms with E-state index in [9.17, 15) is 17.2 Å². The third-order valence-electron chi connectivity index (χ3n) is 6.48. The summed E-state index contributed by atoms with van der Waals surface area (Å²) in [6, 6.07) is 8.46. The van der Waals surface area contributed by atoms with E-state index >= 15 is 4.39 Å². The molecule has 216 valence electrons. The number of halogens is 3. The normalized spacial score (nSPS) is 13.8. The third kappa shape index (κ3) is 6.43. The first kappa shape index (κ1) is 28.7. The molecule has 0 atom stereocenters. The minimum Gasteiger partial charge on any atom is -0.490 e. The van der Waals surface area contributed by atoms with Gasteiger partial charge < -0.3 is 15.0 Å². The number of methoxy groups -OCH3 is 1. The highest BCUT2D eigenvalue weighted by Gasteiger charge is 2.25. The minimum absolute atomic E-state index is 0.0808. The second-order valence-corrected chi connectivity index (χ2v) is 12.5. The van der Waals surface area contributed by atoms with Crippen molar-refractivity contribution in [1.29, 1.82) is 0 Å². The Morgan fingerprint density at radius 1 is 1.05 bits per heavy atom. The van der Waals surface area contributed by atoms with Gasteiger partial charge in [0.05, 0.1) is 22.7 Å². The first-order chi connectivity index (χ1) is 19.6. The van der Waals surface area contributed by atoms with Crippen molar-refractivity contribution in [3.05, 3.63) is 71.2 Å². The molecule has 0 amide bonds. The van der Waals surface area contributed by atoms with Crippen LogP contribution in [0.2, 0.25) is 0 Å². The van der Waals surface area contributed by atoms with E-state index in [1.807, 2.05) is 6.92 Å². The summed E-state index contributed by atoms with van der Waals surface area (Å²) in [5.41, 5.74) is 0.497. The molecule has 14 heteroatoms. The second kappa shape index (κ2) is 12.0. The number of nitrogens with zero attached hydrogens (tertiary/aromatic N) is 4. The van der Waals surface area contributed by atoms with Crippen LogP contribution in [0, 0.1) is 24.4 Å². The lowest BCUT2D eigenvalue weighted by atomic mass is 10.1. The van der Waals surface area contributed by atoms with Gasteiger partial charge in [-0.1, -0.05) is 12.1 Å². The number of aromatic nitrogens is 4. The highest BCUT2D eigenvalue weighted by molar-refractivity contribution is 7.99. The summed E-state index contributed by atoms with van der Waals surface area (Å²) in [7, 11) is -2.64. The van der Waals surface area contributed by atoms with Crippen molar-refractivity contribution in [2.45, 2.75) is 46.9 Å². The number of ether oxygens (including phenoxy) is 1. The number of H-pyrrole nitrogens is 1. The standard InChI is InChI=1S/C27H27F3N6O3S2/c1-16-13-22(35-34-16)31-25-24(39-2)26(36-11-4-3-5-12-36)33-27(32-25)40-21-10-9-18(14-20(21)29)41(37,38)15-17-7-6-8-19(28)23(17)30/h6-10,13-14H,3-5,11-12,15H2,1-2H3,(H2,31,32,33,34,35). The fraction of sp³-hybridized carbons (Fsp3) is 0.296. The highest BCUT2D eigenvalue weighted by atomic mass is 32.2. The van der Waals surface area contributed by atoms with Crippen LogP contribution in [-0.4, -0.2) is 48.8 Å². The second-order valence-electron chi connectivity index (χ2n) is 9.49. The molecular weight excluding hydrogens is 577 g/mol. The first-order valence-electron chi connectivity index (χ1n) is 12.8. The molecular formula is C27H27F3N6O3S2. The number of aryl methyl sites for hydroxylation is 1. The van der Waals surface area contributed by atoms with Gasteiger partial charge in [-0.25, -0.2) is 31.6 Å². The van der Waals surface area contributed by atoms with Crippen molar-refractivity contribution in [3.63, 3.8) is 0 Å². The molecule has 1 saturated heterocycles. The number of benzene rings is 2. The average molecular weight is 605 g/mol. The molecule has 5 rings (SSSR count). The molecule has 0 saturated carbocycles. The van der Waals surface area contributed by atoms with Crippen LogP contribution in [-0.2, 0) is 15.6 Å². The maximum absolute atomic E-state index is 15.3. The molecule has 3 heterocycles. The SMILES string of the molecule is COc1c(Nc2cc(C)[nH]n2)nc(Sc2ccc(S(=O)(=O)Cc3cccc(F)c3F)cc2F)nc1N1CCCCC1. The van der Waals surface area contributed by atoms with Crippen LogP contribution in [0.1, 0.15) is 30.5 Å². The molecule has 0 bridgehead atoms. The Labute approximate surface area is 239 Å². The van der Waals surface area contributed by atoms with Gasteiger partial charge in [0.25, 0.3) is 0 Å². The van der Waals surface area contributed by atoms with Crippen molar-refractivity contribution in [2.75, 3.05) is 30.4 Å². The summed E-state index contributed by atoms with van der Waals surface area (Å²) in [5, 5.41) is 10.4. The van der Waals surface area contributed by atoms with Gasteiger partial charge in [-0.2, -0.15) is 5.10 Å². The van der Waals surface area contributed by atoms with Crippen LogP contribution in [0.5, 0.6) is 5.75 Å². The van der Waals surface area contributed by atoms with Crippen molar-refractivity contribution >= 4 is 39.1 Å². The summed E-state index contributed by atoms with van der Waals surface area (Å²) in [6.07, 6.45) is 3.08. The smallest absolute Gasteiger partial charge is 0.204 e. The predicted molar refractivity (Wildman–Crippen MR) is 149 cm³/mol. The number of hydrogen-bond acceptors (Lipinski definition) is 9. The first-order valence-corrected chi connectivity index (χ1v) is 15.2. The summed E-state index contributed by atoms with van der Waals surface area (Å²) >= 11 is 0.917. The molecule has 0 spiro atoms. The fourth-order valence-corrected chi connectivity index (χ4v) is 6.58. The largest absolute Gasteiger partial charge is 0.490 e. The summed E-state index contributed by atoms with van der Waals surface area (Å²) in [5.74, 6) is -2.23. The maximum atomic E-state index is 15.3. The van der Waals surface area contributed by atoms with Crippen LogP contribution in [0.15, 0.2) is 57.4 Å². The molecule has 2 N–H and O–H groups in total. The number of nitrogens with one attached hydrogen (secondary N) is 2. The number of anilines is 3. The molecule has 2 aromatic carbocycles. The lowest BCUT2D eigenvalue weighted by molar-refractivity contribution is 0.409. The third-order valence-corrected chi connectivity index (χ3v) is 9.06. The number of piperidine rings is 1. The zero-order valence-corrected chi connectivity index (χ0v) is 23.9. The van der Waals surface area contributed by atoms with Gasteiger partial charge in [-0.05, 0) is 62.2 Å². The molecule has 1 aliphatic heterocycles. The van der Waals surface area contributed by atoms with E-state index in [0.29, 0.717) is 23.2 Å². The van der Waals surface area contributed by atoms with Crippen LogP contribution in [0.4, 0.5) is 30.6 Å². The molecule has 9 nitrogen and oxygen atoms in total. The highest BCUT2D eigenvalue weighted by Crippen LogP contribution is 2.39. The van der Waals surface area contributed by atoms with Crippen molar-refractivity contribution in [3.8, 4) is 5.75 Å². The van der Waals surface area contributed by atoms with E-state index in [0.717, 1.165) is 61.9 Å². The summed E-state index contributed by atoms with van der Waals surface area (Å²) in [4.78, 5) is 11.0. The number of sulfone groups is 1.